The molecule has 0 aromatic rings. The van der Waals surface area contributed by atoms with Gasteiger partial charge in [-0.3, -0.25) is 0 Å². The highest BCUT2D eigenvalue weighted by Crippen LogP contribution is 2.60. The molecule has 0 aromatic heterocycles. The van der Waals surface area contributed by atoms with Gasteiger partial charge in [0.25, 0.3) is 0 Å². The van der Waals surface area contributed by atoms with Gasteiger partial charge in [-0.05, 0) is 66.6 Å². The molecule has 0 nitrogen and oxygen atoms in total. The van der Waals surface area contributed by atoms with Crippen LogP contribution in [0.25, 0.3) is 0 Å². The smallest absolute Gasteiger partial charge is 0.119 e. The lowest BCUT2D eigenvalue weighted by Gasteiger charge is -2.44. The lowest BCUT2D eigenvalue weighted by Crippen LogP contribution is -2.37. The molecule has 194 valence electrons. The number of hydrogen-bond acceptors (Lipinski definition) is 7. The van der Waals surface area contributed by atoms with Crippen LogP contribution in [0.15, 0.2) is 0 Å². The van der Waals surface area contributed by atoms with E-state index in [-0.39, 0.29) is 6.82 Å². The van der Waals surface area contributed by atoms with Crippen LogP contribution < -0.4 is 0 Å². The Hall–Kier alpha value is 2.45. The summed E-state index contributed by atoms with van der Waals surface area (Å²) in [6, 6.07) is 0. The van der Waals surface area contributed by atoms with Crippen molar-refractivity contribution in [2.24, 2.45) is 5.92 Å². The zero-order chi connectivity index (χ0) is 24.5. The fourth-order valence-electron chi connectivity index (χ4n) is 3.09. The molecule has 0 aliphatic heterocycles. The maximum Gasteiger partial charge on any atom is 0.119 e. The van der Waals surface area contributed by atoms with E-state index in [1.165, 1.54) is 67.3 Å². The maximum atomic E-state index is 2.40. The highest BCUT2D eigenvalue weighted by atomic mass is 32.3. The van der Waals surface area contributed by atoms with Gasteiger partial charge >= 0.3 is 0 Å². The summed E-state index contributed by atoms with van der Waals surface area (Å²) >= 11 is 15.7. The molecule has 0 N–H and O–H groups in total. The molecule has 0 aliphatic carbocycles. The van der Waals surface area contributed by atoms with Crippen LogP contribution in [0, 0.1) is 5.92 Å². The quantitative estimate of drug-likeness (QED) is 0.0916. The summed E-state index contributed by atoms with van der Waals surface area (Å²) in [5.41, 5.74) is 0. The predicted molar refractivity (Wildman–Crippen MR) is 173 cm³/mol. The Morgan fingerprint density at radius 1 is 0.688 bits per heavy atom. The SMILES string of the molecule is CCCCSC(CC(SC)C(SCC)(SCCC)SCCCC)(SCC(C)C)SC(C)C. The Kier molecular flexibility index (Phi) is 22.1. The Morgan fingerprint density at radius 2 is 1.28 bits per heavy atom. The van der Waals surface area contributed by atoms with Gasteiger partial charge in [0.2, 0.25) is 0 Å². The molecule has 0 heterocycles. The van der Waals surface area contributed by atoms with Crippen LogP contribution in [0.1, 0.15) is 93.9 Å². The zero-order valence-corrected chi connectivity index (χ0v) is 28.1. The normalized spacial score (nSPS) is 17.0. The molecule has 0 aromatic carbocycles. The first kappa shape index (κ1) is 34.5. The van der Waals surface area contributed by atoms with Crippen LogP contribution in [0.5, 0.6) is 0 Å². The van der Waals surface area contributed by atoms with Gasteiger partial charge in [0.05, 0.1) is 0 Å². The van der Waals surface area contributed by atoms with E-state index in [0.29, 0.717) is 10.5 Å². The summed E-state index contributed by atoms with van der Waals surface area (Å²) in [5, 5.41) is 1.32. The second-order valence-corrected chi connectivity index (χ2v) is 20.1. The summed E-state index contributed by atoms with van der Waals surface area (Å²) in [5.74, 6) is 7.08. The molecule has 0 spiro atoms. The van der Waals surface area contributed by atoms with Crippen LogP contribution >= 0.6 is 82.3 Å². The molecule has 0 aliphatic rings. The van der Waals surface area contributed by atoms with Crippen LogP contribution in [0.4, 0.5) is 0 Å². The van der Waals surface area contributed by atoms with Gasteiger partial charge in [-0.15, -0.1) is 70.6 Å². The Bertz CT molecular complexity index is 433. The highest BCUT2D eigenvalue weighted by molar-refractivity contribution is 8.35. The van der Waals surface area contributed by atoms with Gasteiger partial charge in [0.15, 0.2) is 0 Å². The number of hydrogen-bond donors (Lipinski definition) is 0. The molecule has 3 atom stereocenters. The van der Waals surface area contributed by atoms with Crippen molar-refractivity contribution in [3.8, 4) is 0 Å². The average molecular weight is 577 g/mol. The Morgan fingerprint density at radius 3 is 1.75 bits per heavy atom. The van der Waals surface area contributed by atoms with Crippen LogP contribution in [0.3, 0.4) is 0 Å². The van der Waals surface area contributed by atoms with Gasteiger partial charge in [0, 0.05) is 10.5 Å². The average Bonchev–Trinajstić information content (AvgIpc) is 2.74. The molecule has 0 saturated carbocycles. The van der Waals surface area contributed by atoms with E-state index in [0.717, 1.165) is 5.92 Å². The molecule has 3 unspecified atom stereocenters. The fourth-order valence-corrected chi connectivity index (χ4v) is 16.5. The van der Waals surface area contributed by atoms with Crippen molar-refractivity contribution in [2.75, 3.05) is 35.0 Å². The Balaban J connectivity index is 6.05. The van der Waals surface area contributed by atoms with Crippen LogP contribution in [-0.4, -0.2) is 52.3 Å². The van der Waals surface area contributed by atoms with E-state index >= 15 is 0 Å². The third-order valence-corrected chi connectivity index (χ3v) is 17.3. The minimum atomic E-state index is 0.263. The number of thioether (sulfide) groups is 7. The molecular weight excluding hydrogens is 525 g/mol. The van der Waals surface area contributed by atoms with Gasteiger partial charge in [-0.1, -0.05) is 68.2 Å². The summed E-state index contributed by atoms with van der Waals surface area (Å²) < 4.78 is 0.533. The molecule has 0 rings (SSSR count). The van der Waals surface area contributed by atoms with E-state index in [1.54, 1.807) is 0 Å². The minimum Gasteiger partial charge on any atom is -0.159 e. The predicted octanol–water partition coefficient (Wildman–Crippen LogP) is 10.9. The third kappa shape index (κ3) is 14.3. The van der Waals surface area contributed by atoms with Crippen molar-refractivity contribution in [3.05, 3.63) is 0 Å². The van der Waals surface area contributed by atoms with Crippen LogP contribution in [0.2, 0.25) is 0 Å². The first-order chi connectivity index (χ1) is 15.2. The first-order valence-electron chi connectivity index (χ1n) is 12.6. The second kappa shape index (κ2) is 20.5. The van der Waals surface area contributed by atoms with Crippen molar-refractivity contribution in [1.29, 1.82) is 0 Å². The van der Waals surface area contributed by atoms with Gasteiger partial charge in [-0.2, -0.15) is 11.8 Å². The van der Waals surface area contributed by atoms with Crippen molar-refractivity contribution in [1.82, 2.24) is 0 Å². The molecule has 7 heteroatoms. The molecule has 0 fully saturated rings. The molecule has 0 radical (unpaired) electrons. The van der Waals surface area contributed by atoms with Crippen molar-refractivity contribution in [2.45, 2.75) is 111 Å². The summed E-state index contributed by atoms with van der Waals surface area (Å²) in [7, 11) is 0. The summed E-state index contributed by atoms with van der Waals surface area (Å²) in [6.45, 7) is 18.9. The summed E-state index contributed by atoms with van der Waals surface area (Å²) in [4.78, 5) is 0. The lowest BCUT2D eigenvalue weighted by molar-refractivity contribution is 0.744. The summed E-state index contributed by atoms with van der Waals surface area (Å²) in [6.07, 6.45) is 10.2. The van der Waals surface area contributed by atoms with Crippen molar-refractivity contribution >= 4 is 82.3 Å². The van der Waals surface area contributed by atoms with E-state index in [1.807, 2.05) is 0 Å². The second-order valence-electron chi connectivity index (χ2n) is 8.77. The first-order valence-corrected chi connectivity index (χ1v) is 19.7. The van der Waals surface area contributed by atoms with E-state index in [4.69, 9.17) is 0 Å². The molecule has 32 heavy (non-hydrogen) atoms. The van der Waals surface area contributed by atoms with Crippen molar-refractivity contribution < 1.29 is 0 Å². The molecule has 0 bridgehead atoms. The minimum absolute atomic E-state index is 0.263. The number of rotatable bonds is 22. The van der Waals surface area contributed by atoms with Gasteiger partial charge < -0.3 is 0 Å². The van der Waals surface area contributed by atoms with Crippen molar-refractivity contribution in [3.63, 3.8) is 0 Å². The topological polar surface area (TPSA) is 0 Å². The molecular formula is C25H52S7. The fraction of sp³-hybridized carbons (Fsp3) is 1.00. The van der Waals surface area contributed by atoms with E-state index < -0.39 is 0 Å². The molecule has 0 saturated heterocycles. The van der Waals surface area contributed by atoms with E-state index in [9.17, 15) is 0 Å². The highest BCUT2D eigenvalue weighted by Gasteiger charge is 2.45. The van der Waals surface area contributed by atoms with Gasteiger partial charge in [0.1, 0.15) is 6.82 Å². The monoisotopic (exact) mass is 576 g/mol. The Labute approximate surface area is 232 Å². The standard InChI is InChI=1S/C25H52S7/c1-10-14-17-28-24(32-22(7)8,31-20-21(5)6)19-23(26-9)25(27-13-4,29-16-12-3)30-18-15-11-2/h21-23H,10-20H2,1-9H3. The van der Waals surface area contributed by atoms with E-state index in [2.05, 4.69) is 144 Å². The maximum absolute atomic E-state index is 2.40. The third-order valence-electron chi connectivity index (χ3n) is 4.64. The van der Waals surface area contributed by atoms with Crippen LogP contribution in [-0.2, 0) is 0 Å². The molecule has 0 amide bonds. The number of unbranched alkanes of at least 4 members (excludes halogenated alkanes) is 2. The zero-order valence-electron chi connectivity index (χ0n) is 22.4. The largest absolute Gasteiger partial charge is 0.159 e. The van der Waals surface area contributed by atoms with Gasteiger partial charge in [-0.25, -0.2) is 0 Å². The lowest BCUT2D eigenvalue weighted by atomic mass is 10.3.